The highest BCUT2D eigenvalue weighted by Gasteiger charge is 2.21. The van der Waals surface area contributed by atoms with Gasteiger partial charge in [-0.3, -0.25) is 4.79 Å². The van der Waals surface area contributed by atoms with E-state index in [1.54, 1.807) is 12.1 Å². The van der Waals surface area contributed by atoms with Crippen molar-refractivity contribution in [1.82, 2.24) is 5.32 Å². The van der Waals surface area contributed by atoms with Crippen LogP contribution in [0.4, 0.5) is 0 Å². The molecule has 0 aliphatic carbocycles. The molecule has 1 aromatic rings. The van der Waals surface area contributed by atoms with Gasteiger partial charge in [0, 0.05) is 0 Å². The molecule has 1 amide bonds. The predicted octanol–water partition coefficient (Wildman–Crippen LogP) is 1.68. The first-order valence-electron chi connectivity index (χ1n) is 4.49. The molecule has 76 valence electrons. The van der Waals surface area contributed by atoms with Crippen molar-refractivity contribution < 1.29 is 9.90 Å². The number of rotatable bonds is 3. The number of amides is 1. The maximum absolute atomic E-state index is 10.4. The minimum absolute atomic E-state index is 0.244. The first kappa shape index (κ1) is 10.6. The second-order valence-corrected chi connectivity index (χ2v) is 3.89. The van der Waals surface area contributed by atoms with E-state index in [0.717, 1.165) is 11.1 Å². The molecule has 0 fully saturated rings. The van der Waals surface area contributed by atoms with Crippen molar-refractivity contribution in [2.75, 3.05) is 0 Å². The summed E-state index contributed by atoms with van der Waals surface area (Å²) in [5.74, 6) is 0.244. The van der Waals surface area contributed by atoms with Crippen molar-refractivity contribution in [3.05, 3.63) is 29.3 Å². The van der Waals surface area contributed by atoms with E-state index in [2.05, 4.69) is 5.32 Å². The normalized spacial score (nSPS) is 11.1. The first-order chi connectivity index (χ1) is 6.47. The number of carbonyl (C=O) groups is 1. The number of phenols is 1. The van der Waals surface area contributed by atoms with Gasteiger partial charge in [0.15, 0.2) is 0 Å². The van der Waals surface area contributed by atoms with Crippen LogP contribution in [0.3, 0.4) is 0 Å². The molecule has 14 heavy (non-hydrogen) atoms. The lowest BCUT2D eigenvalue weighted by atomic mass is 9.90. The van der Waals surface area contributed by atoms with Crippen LogP contribution in [0.25, 0.3) is 0 Å². The van der Waals surface area contributed by atoms with E-state index in [1.165, 1.54) is 0 Å². The van der Waals surface area contributed by atoms with E-state index in [9.17, 15) is 9.90 Å². The van der Waals surface area contributed by atoms with Gasteiger partial charge in [-0.25, -0.2) is 0 Å². The van der Waals surface area contributed by atoms with E-state index in [0.29, 0.717) is 6.41 Å². The minimum atomic E-state index is -0.403. The van der Waals surface area contributed by atoms with Crippen LogP contribution < -0.4 is 5.32 Å². The van der Waals surface area contributed by atoms with E-state index >= 15 is 0 Å². The Morgan fingerprint density at radius 1 is 1.43 bits per heavy atom. The molecule has 0 unspecified atom stereocenters. The molecule has 0 radical (unpaired) electrons. The van der Waals surface area contributed by atoms with Gasteiger partial charge < -0.3 is 10.4 Å². The van der Waals surface area contributed by atoms with Gasteiger partial charge in [0.25, 0.3) is 0 Å². The van der Waals surface area contributed by atoms with Gasteiger partial charge in [-0.05, 0) is 44.0 Å². The van der Waals surface area contributed by atoms with Crippen LogP contribution in [-0.2, 0) is 10.3 Å². The Balaban J connectivity index is 3.12. The third-order valence-electron chi connectivity index (χ3n) is 2.30. The highest BCUT2D eigenvalue weighted by molar-refractivity contribution is 5.50. The third kappa shape index (κ3) is 2.05. The van der Waals surface area contributed by atoms with Crippen LogP contribution in [0.15, 0.2) is 18.2 Å². The monoisotopic (exact) mass is 193 g/mol. The molecule has 3 nitrogen and oxygen atoms in total. The quantitative estimate of drug-likeness (QED) is 0.717. The molecule has 0 spiro atoms. The first-order valence-corrected chi connectivity index (χ1v) is 4.49. The summed E-state index contributed by atoms with van der Waals surface area (Å²) in [5.41, 5.74) is 1.56. The Hall–Kier alpha value is -1.51. The highest BCUT2D eigenvalue weighted by atomic mass is 16.3. The Kier molecular flexibility index (Phi) is 2.79. The van der Waals surface area contributed by atoms with E-state index in [1.807, 2.05) is 26.8 Å². The smallest absolute Gasteiger partial charge is 0.207 e. The van der Waals surface area contributed by atoms with Gasteiger partial charge in [-0.2, -0.15) is 0 Å². The molecule has 3 heteroatoms. The fourth-order valence-corrected chi connectivity index (χ4v) is 1.57. The van der Waals surface area contributed by atoms with Crippen LogP contribution in [0.1, 0.15) is 25.0 Å². The molecule has 2 N–H and O–H groups in total. The fraction of sp³-hybridized carbons (Fsp3) is 0.364. The SMILES string of the molecule is Cc1cc(O)ccc1C(C)(C)NC=O. The van der Waals surface area contributed by atoms with Crippen LogP contribution in [0.5, 0.6) is 5.75 Å². The molecule has 1 aromatic carbocycles. The summed E-state index contributed by atoms with van der Waals surface area (Å²) in [5, 5.41) is 12.0. The zero-order valence-corrected chi connectivity index (χ0v) is 8.66. The summed E-state index contributed by atoms with van der Waals surface area (Å²) < 4.78 is 0. The highest BCUT2D eigenvalue weighted by Crippen LogP contribution is 2.25. The summed E-state index contributed by atoms with van der Waals surface area (Å²) in [6.45, 7) is 5.74. The standard InChI is InChI=1S/C11H15NO2/c1-8-6-9(14)4-5-10(8)11(2,3)12-7-13/h4-7,14H,1-3H3,(H,12,13). The van der Waals surface area contributed by atoms with Crippen LogP contribution in [0, 0.1) is 6.92 Å². The average Bonchev–Trinajstić information content (AvgIpc) is 2.02. The van der Waals surface area contributed by atoms with Crippen molar-refractivity contribution in [1.29, 1.82) is 0 Å². The zero-order chi connectivity index (χ0) is 10.8. The van der Waals surface area contributed by atoms with Gasteiger partial charge >= 0.3 is 0 Å². The molecule has 0 aliphatic rings. The Bertz CT molecular complexity index is 345. The lowest BCUT2D eigenvalue weighted by Crippen LogP contribution is -2.35. The van der Waals surface area contributed by atoms with Gasteiger partial charge in [-0.1, -0.05) is 6.07 Å². The van der Waals surface area contributed by atoms with Gasteiger partial charge in [0.1, 0.15) is 5.75 Å². The number of benzene rings is 1. The second kappa shape index (κ2) is 3.70. The summed E-state index contributed by atoms with van der Waals surface area (Å²) in [7, 11) is 0. The van der Waals surface area contributed by atoms with E-state index in [4.69, 9.17) is 0 Å². The van der Waals surface area contributed by atoms with Crippen LogP contribution >= 0.6 is 0 Å². The number of hydrogen-bond donors (Lipinski definition) is 2. The molecule has 0 bridgehead atoms. The van der Waals surface area contributed by atoms with Crippen LogP contribution in [0.2, 0.25) is 0 Å². The maximum atomic E-state index is 10.4. The number of aryl methyl sites for hydroxylation is 1. The van der Waals surface area contributed by atoms with E-state index < -0.39 is 5.54 Å². The third-order valence-corrected chi connectivity index (χ3v) is 2.30. The lowest BCUT2D eigenvalue weighted by molar-refractivity contribution is -0.111. The van der Waals surface area contributed by atoms with Gasteiger partial charge in [0.05, 0.1) is 5.54 Å². The van der Waals surface area contributed by atoms with Crippen molar-refractivity contribution in [2.45, 2.75) is 26.3 Å². The second-order valence-electron chi connectivity index (χ2n) is 3.89. The molecule has 0 saturated heterocycles. The Morgan fingerprint density at radius 2 is 2.07 bits per heavy atom. The number of nitrogens with one attached hydrogen (secondary N) is 1. The number of hydrogen-bond acceptors (Lipinski definition) is 2. The summed E-state index contributed by atoms with van der Waals surface area (Å²) in [6.07, 6.45) is 0.687. The van der Waals surface area contributed by atoms with E-state index in [-0.39, 0.29) is 5.75 Å². The molecular weight excluding hydrogens is 178 g/mol. The van der Waals surface area contributed by atoms with Crippen molar-refractivity contribution in [3.63, 3.8) is 0 Å². The molecular formula is C11H15NO2. The fourth-order valence-electron chi connectivity index (χ4n) is 1.57. The molecule has 1 rings (SSSR count). The molecule has 0 aliphatic heterocycles. The molecule has 0 heterocycles. The van der Waals surface area contributed by atoms with Crippen molar-refractivity contribution in [3.8, 4) is 5.75 Å². The maximum Gasteiger partial charge on any atom is 0.207 e. The van der Waals surface area contributed by atoms with Gasteiger partial charge in [-0.15, -0.1) is 0 Å². The zero-order valence-electron chi connectivity index (χ0n) is 8.66. The largest absolute Gasteiger partial charge is 0.508 e. The summed E-state index contributed by atoms with van der Waals surface area (Å²) in [6, 6.07) is 5.13. The Morgan fingerprint density at radius 3 is 2.57 bits per heavy atom. The number of phenolic OH excluding ortho intramolecular Hbond substituents is 1. The van der Waals surface area contributed by atoms with Crippen LogP contribution in [-0.4, -0.2) is 11.5 Å². The van der Waals surface area contributed by atoms with Gasteiger partial charge in [0.2, 0.25) is 6.41 Å². The molecule has 0 aromatic heterocycles. The predicted molar refractivity (Wildman–Crippen MR) is 55.1 cm³/mol. The lowest BCUT2D eigenvalue weighted by Gasteiger charge is -2.26. The number of carbonyl (C=O) groups excluding carboxylic acids is 1. The average molecular weight is 193 g/mol. The van der Waals surface area contributed by atoms with Crippen molar-refractivity contribution in [2.24, 2.45) is 0 Å². The Labute approximate surface area is 83.8 Å². The topological polar surface area (TPSA) is 49.3 Å². The molecule has 0 saturated carbocycles. The summed E-state index contributed by atoms with van der Waals surface area (Å²) in [4.78, 5) is 10.4. The minimum Gasteiger partial charge on any atom is -0.508 e. The molecule has 0 atom stereocenters. The van der Waals surface area contributed by atoms with Crippen molar-refractivity contribution >= 4 is 6.41 Å². The summed E-state index contributed by atoms with van der Waals surface area (Å²) >= 11 is 0. The number of aromatic hydroxyl groups is 1.